The number of halogens is 4. The van der Waals surface area contributed by atoms with Gasteiger partial charge in [-0.1, -0.05) is 36.1 Å². The molecule has 1 aliphatic rings. The average Bonchev–Trinajstić information content (AvgIpc) is 2.78. The van der Waals surface area contributed by atoms with Crippen LogP contribution in [0, 0.1) is 35.9 Å². The zero-order valence-corrected chi connectivity index (χ0v) is 17.2. The third-order valence-electron chi connectivity index (χ3n) is 5.84. The summed E-state index contributed by atoms with van der Waals surface area (Å²) in [5.41, 5.74) is 1.89. The molecule has 0 unspecified atom stereocenters. The molecule has 5 heteroatoms. The first-order chi connectivity index (χ1) is 15.3. The number of ether oxygens (including phenoxy) is 1. The normalized spacial score (nSPS) is 18.5. The number of terminal acetylenes is 1. The van der Waals surface area contributed by atoms with Crippen molar-refractivity contribution in [3.63, 3.8) is 0 Å². The number of hydrogen-bond acceptors (Lipinski definition) is 1. The zero-order chi connectivity index (χ0) is 22.7. The van der Waals surface area contributed by atoms with Gasteiger partial charge in [0.25, 0.3) is 0 Å². The van der Waals surface area contributed by atoms with Crippen molar-refractivity contribution in [1.82, 2.24) is 0 Å². The fraction of sp³-hybridized carbons (Fsp3) is 0.259. The van der Waals surface area contributed by atoms with Gasteiger partial charge in [-0.3, -0.25) is 0 Å². The lowest BCUT2D eigenvalue weighted by Crippen LogP contribution is -2.16. The highest BCUT2D eigenvalue weighted by atomic mass is 19.4. The highest BCUT2D eigenvalue weighted by Gasteiger charge is 2.30. The van der Waals surface area contributed by atoms with Crippen molar-refractivity contribution in [3.8, 4) is 29.9 Å². The quantitative estimate of drug-likeness (QED) is 0.305. The molecular weight excluding hydrogens is 416 g/mol. The van der Waals surface area contributed by atoms with E-state index in [9.17, 15) is 13.2 Å². The van der Waals surface area contributed by atoms with Gasteiger partial charge in [-0.15, -0.1) is 25.5 Å². The summed E-state index contributed by atoms with van der Waals surface area (Å²) in [5, 5.41) is 1.31. The van der Waals surface area contributed by atoms with Crippen LogP contribution in [0.4, 0.5) is 17.6 Å². The van der Waals surface area contributed by atoms with Crippen molar-refractivity contribution in [2.75, 3.05) is 0 Å². The third-order valence-corrected chi connectivity index (χ3v) is 5.84. The van der Waals surface area contributed by atoms with E-state index in [1.807, 2.05) is 18.2 Å². The van der Waals surface area contributed by atoms with Crippen LogP contribution in [0.5, 0.6) is 5.75 Å². The molecule has 0 radical (unpaired) electrons. The van der Waals surface area contributed by atoms with Crippen molar-refractivity contribution < 1.29 is 22.3 Å². The highest BCUT2D eigenvalue weighted by molar-refractivity contribution is 5.85. The predicted molar refractivity (Wildman–Crippen MR) is 117 cm³/mol. The Balaban J connectivity index is 1.53. The van der Waals surface area contributed by atoms with Crippen LogP contribution in [0.2, 0.25) is 0 Å². The monoisotopic (exact) mass is 436 g/mol. The summed E-state index contributed by atoms with van der Waals surface area (Å²) >= 11 is 0. The Kier molecular flexibility index (Phi) is 6.10. The second kappa shape index (κ2) is 8.97. The van der Waals surface area contributed by atoms with Crippen molar-refractivity contribution in [1.29, 1.82) is 0 Å². The highest BCUT2D eigenvalue weighted by Crippen LogP contribution is 2.37. The minimum Gasteiger partial charge on any atom is -0.406 e. The van der Waals surface area contributed by atoms with E-state index in [1.165, 1.54) is 29.8 Å². The van der Waals surface area contributed by atoms with Crippen LogP contribution in [-0.2, 0) is 0 Å². The van der Waals surface area contributed by atoms with Gasteiger partial charge in [-0.2, -0.15) is 0 Å². The van der Waals surface area contributed by atoms with Crippen molar-refractivity contribution in [2.24, 2.45) is 5.92 Å². The fourth-order valence-electron chi connectivity index (χ4n) is 4.13. The van der Waals surface area contributed by atoms with E-state index in [-0.39, 0.29) is 11.3 Å². The van der Waals surface area contributed by atoms with Gasteiger partial charge in [0.05, 0.1) is 5.56 Å². The van der Waals surface area contributed by atoms with Crippen LogP contribution in [-0.4, -0.2) is 6.36 Å². The topological polar surface area (TPSA) is 9.23 Å². The molecule has 0 aliphatic heterocycles. The smallest absolute Gasteiger partial charge is 0.406 e. The molecule has 3 aromatic carbocycles. The Hall–Kier alpha value is -3.44. The van der Waals surface area contributed by atoms with Gasteiger partial charge in [-0.25, -0.2) is 4.39 Å². The Morgan fingerprint density at radius 3 is 2.25 bits per heavy atom. The van der Waals surface area contributed by atoms with E-state index in [1.54, 1.807) is 12.1 Å². The molecule has 0 amide bonds. The second-order valence-corrected chi connectivity index (χ2v) is 7.95. The number of fused-ring (bicyclic) bond motifs is 1. The SMILES string of the molecule is C#CC1CCC(c2ccc3c(F)c(C#Cc4ccc(OC(F)(F)F)cc4)ccc3c2)CC1. The zero-order valence-electron chi connectivity index (χ0n) is 17.2. The molecule has 162 valence electrons. The fourth-order valence-corrected chi connectivity index (χ4v) is 4.13. The molecular formula is C27H20F4O. The number of hydrogen-bond donors (Lipinski definition) is 0. The Bertz CT molecular complexity index is 1220. The number of rotatable bonds is 2. The van der Waals surface area contributed by atoms with E-state index in [0.717, 1.165) is 31.1 Å². The van der Waals surface area contributed by atoms with E-state index in [2.05, 4.69) is 22.5 Å². The first-order valence-electron chi connectivity index (χ1n) is 10.4. The van der Waals surface area contributed by atoms with Crippen LogP contribution in [0.15, 0.2) is 54.6 Å². The van der Waals surface area contributed by atoms with E-state index in [0.29, 0.717) is 22.8 Å². The molecule has 3 aromatic rings. The maximum Gasteiger partial charge on any atom is 0.573 e. The first kappa shape index (κ1) is 21.8. The maximum atomic E-state index is 15.0. The van der Waals surface area contributed by atoms with Gasteiger partial charge in [-0.05, 0) is 72.9 Å². The molecule has 1 saturated carbocycles. The molecule has 4 rings (SSSR count). The van der Waals surface area contributed by atoms with Gasteiger partial charge in [0.2, 0.25) is 0 Å². The summed E-state index contributed by atoms with van der Waals surface area (Å²) in [6.45, 7) is 0. The molecule has 1 fully saturated rings. The summed E-state index contributed by atoms with van der Waals surface area (Å²) in [6, 6.07) is 14.4. The Morgan fingerprint density at radius 1 is 0.875 bits per heavy atom. The average molecular weight is 436 g/mol. The standard InChI is InChI=1S/C27H20F4O/c1-2-18-3-8-20(9-4-18)22-13-16-25-23(17-22)12-11-21(26(25)28)10-5-19-6-14-24(15-7-19)32-27(29,30)31/h1,6-7,11-18,20H,3-4,8-9H2. The molecule has 1 nitrogen and oxygen atoms in total. The summed E-state index contributed by atoms with van der Waals surface area (Å²) in [5.74, 6) is 8.46. The summed E-state index contributed by atoms with van der Waals surface area (Å²) in [6.07, 6.45) is 4.91. The molecule has 0 aromatic heterocycles. The summed E-state index contributed by atoms with van der Waals surface area (Å²) < 4.78 is 55.6. The summed E-state index contributed by atoms with van der Waals surface area (Å²) in [7, 11) is 0. The van der Waals surface area contributed by atoms with E-state index in [4.69, 9.17) is 6.42 Å². The molecule has 32 heavy (non-hydrogen) atoms. The Morgan fingerprint density at radius 2 is 1.59 bits per heavy atom. The van der Waals surface area contributed by atoms with Crippen LogP contribution >= 0.6 is 0 Å². The minimum atomic E-state index is -4.75. The molecule has 0 saturated heterocycles. The maximum absolute atomic E-state index is 15.0. The van der Waals surface area contributed by atoms with Crippen molar-refractivity contribution >= 4 is 10.8 Å². The van der Waals surface area contributed by atoms with Gasteiger partial charge < -0.3 is 4.74 Å². The molecule has 0 heterocycles. The second-order valence-electron chi connectivity index (χ2n) is 7.95. The molecule has 1 aliphatic carbocycles. The van der Waals surface area contributed by atoms with Crippen molar-refractivity contribution in [3.05, 3.63) is 77.1 Å². The summed E-state index contributed by atoms with van der Waals surface area (Å²) in [4.78, 5) is 0. The Labute approximate surface area is 184 Å². The third kappa shape index (κ3) is 5.06. The number of benzene rings is 3. The number of alkyl halides is 3. The lowest BCUT2D eigenvalue weighted by atomic mass is 9.78. The van der Waals surface area contributed by atoms with Crippen LogP contribution in [0.1, 0.15) is 48.3 Å². The van der Waals surface area contributed by atoms with E-state index < -0.39 is 12.2 Å². The van der Waals surface area contributed by atoms with Crippen LogP contribution < -0.4 is 4.74 Å². The predicted octanol–water partition coefficient (Wildman–Crippen LogP) is 7.18. The molecule has 0 bridgehead atoms. The lowest BCUT2D eigenvalue weighted by Gasteiger charge is -2.26. The minimum absolute atomic E-state index is 0.232. The largest absolute Gasteiger partial charge is 0.573 e. The van der Waals surface area contributed by atoms with Crippen LogP contribution in [0.25, 0.3) is 10.8 Å². The molecule has 0 atom stereocenters. The molecule has 0 N–H and O–H groups in total. The first-order valence-corrected chi connectivity index (χ1v) is 10.4. The van der Waals surface area contributed by atoms with Crippen molar-refractivity contribution in [2.45, 2.75) is 38.0 Å². The molecule has 0 spiro atoms. The van der Waals surface area contributed by atoms with Gasteiger partial charge >= 0.3 is 6.36 Å². The van der Waals surface area contributed by atoms with Gasteiger partial charge in [0.15, 0.2) is 0 Å². The lowest BCUT2D eigenvalue weighted by molar-refractivity contribution is -0.274. The van der Waals surface area contributed by atoms with Gasteiger partial charge in [0, 0.05) is 16.9 Å². The van der Waals surface area contributed by atoms with Crippen LogP contribution in [0.3, 0.4) is 0 Å². The van der Waals surface area contributed by atoms with Gasteiger partial charge in [0.1, 0.15) is 11.6 Å². The van der Waals surface area contributed by atoms with E-state index >= 15 is 4.39 Å².